The molecular formula is C13H29NO2. The first-order chi connectivity index (χ1) is 7.72. The average Bonchev–Trinajstić information content (AvgIpc) is 2.26. The highest BCUT2D eigenvalue weighted by Crippen LogP contribution is 2.05. The van der Waals surface area contributed by atoms with Crippen molar-refractivity contribution in [3.63, 3.8) is 0 Å². The van der Waals surface area contributed by atoms with Crippen molar-refractivity contribution in [1.82, 2.24) is 5.32 Å². The zero-order chi connectivity index (χ0) is 12.2. The van der Waals surface area contributed by atoms with Gasteiger partial charge in [0.15, 0.2) is 0 Å². The first kappa shape index (κ1) is 15.9. The summed E-state index contributed by atoms with van der Waals surface area (Å²) in [5.41, 5.74) is 0. The molecule has 0 aromatic rings. The Balaban J connectivity index is 3.44. The number of ether oxygens (including phenoxy) is 2. The summed E-state index contributed by atoms with van der Waals surface area (Å²) in [6.45, 7) is 10.1. The summed E-state index contributed by atoms with van der Waals surface area (Å²) in [6.07, 6.45) is 3.44. The molecule has 0 aliphatic rings. The predicted octanol–water partition coefficient (Wildman–Crippen LogP) is 2.45. The lowest BCUT2D eigenvalue weighted by Gasteiger charge is -2.22. The number of unbranched alkanes of at least 4 members (excludes halogenated alkanes) is 1. The smallest absolute Gasteiger partial charge is 0.0591 e. The lowest BCUT2D eigenvalue weighted by Crippen LogP contribution is -2.37. The Labute approximate surface area is 101 Å². The maximum atomic E-state index is 5.51. The Morgan fingerprint density at radius 2 is 1.88 bits per heavy atom. The van der Waals surface area contributed by atoms with E-state index in [0.717, 1.165) is 39.2 Å². The fourth-order valence-electron chi connectivity index (χ4n) is 1.58. The molecule has 0 aromatic carbocycles. The van der Waals surface area contributed by atoms with Crippen LogP contribution in [-0.4, -0.2) is 39.5 Å². The van der Waals surface area contributed by atoms with Crippen LogP contribution in [0.15, 0.2) is 0 Å². The molecule has 0 heterocycles. The quantitative estimate of drug-likeness (QED) is 0.554. The van der Waals surface area contributed by atoms with Crippen LogP contribution in [-0.2, 0) is 9.47 Å². The summed E-state index contributed by atoms with van der Waals surface area (Å²) >= 11 is 0. The number of hydrogen-bond donors (Lipinski definition) is 1. The minimum absolute atomic E-state index is 0.537. The summed E-state index contributed by atoms with van der Waals surface area (Å²) < 4.78 is 10.6. The summed E-state index contributed by atoms with van der Waals surface area (Å²) in [4.78, 5) is 0. The molecule has 0 saturated carbocycles. The van der Waals surface area contributed by atoms with Gasteiger partial charge in [-0.3, -0.25) is 0 Å². The molecule has 1 N–H and O–H groups in total. The van der Waals surface area contributed by atoms with Crippen LogP contribution in [0.2, 0.25) is 0 Å². The highest BCUT2D eigenvalue weighted by Gasteiger charge is 2.11. The molecule has 0 amide bonds. The summed E-state index contributed by atoms with van der Waals surface area (Å²) in [6, 6.07) is 0.537. The molecule has 1 unspecified atom stereocenters. The molecule has 16 heavy (non-hydrogen) atoms. The molecular weight excluding hydrogens is 202 g/mol. The molecule has 0 fully saturated rings. The van der Waals surface area contributed by atoms with Crippen LogP contribution in [0.3, 0.4) is 0 Å². The first-order valence-electron chi connectivity index (χ1n) is 6.52. The molecule has 0 aliphatic carbocycles. The molecule has 0 rings (SSSR count). The monoisotopic (exact) mass is 231 g/mol. The van der Waals surface area contributed by atoms with E-state index in [1.807, 2.05) is 0 Å². The van der Waals surface area contributed by atoms with E-state index in [9.17, 15) is 0 Å². The molecule has 0 bridgehead atoms. The van der Waals surface area contributed by atoms with Gasteiger partial charge in [0.2, 0.25) is 0 Å². The van der Waals surface area contributed by atoms with Gasteiger partial charge < -0.3 is 14.8 Å². The van der Waals surface area contributed by atoms with Crippen LogP contribution >= 0.6 is 0 Å². The largest absolute Gasteiger partial charge is 0.385 e. The fourth-order valence-corrected chi connectivity index (χ4v) is 1.58. The maximum Gasteiger partial charge on any atom is 0.0591 e. The van der Waals surface area contributed by atoms with Crippen LogP contribution in [0, 0.1) is 5.92 Å². The van der Waals surface area contributed by atoms with Crippen LogP contribution in [0.5, 0.6) is 0 Å². The van der Waals surface area contributed by atoms with Crippen molar-refractivity contribution in [3.05, 3.63) is 0 Å². The highest BCUT2D eigenvalue weighted by molar-refractivity contribution is 4.69. The van der Waals surface area contributed by atoms with E-state index in [4.69, 9.17) is 9.47 Å². The van der Waals surface area contributed by atoms with Gasteiger partial charge in [0.25, 0.3) is 0 Å². The van der Waals surface area contributed by atoms with E-state index in [-0.39, 0.29) is 0 Å². The first-order valence-corrected chi connectivity index (χ1v) is 6.52. The Morgan fingerprint density at radius 1 is 1.12 bits per heavy atom. The van der Waals surface area contributed by atoms with E-state index in [1.165, 1.54) is 6.42 Å². The SMILES string of the molecule is CCCCOCCNC(CCOC)C(C)C. The van der Waals surface area contributed by atoms with Gasteiger partial charge in [0.05, 0.1) is 6.61 Å². The normalized spacial score (nSPS) is 13.3. The summed E-state index contributed by atoms with van der Waals surface area (Å²) in [5, 5.41) is 3.53. The Kier molecular flexibility index (Phi) is 11.3. The van der Waals surface area contributed by atoms with Crippen LogP contribution in [0.4, 0.5) is 0 Å². The second-order valence-electron chi connectivity index (χ2n) is 4.55. The molecule has 3 nitrogen and oxygen atoms in total. The molecule has 0 saturated heterocycles. The second kappa shape index (κ2) is 11.4. The molecule has 0 spiro atoms. The Bertz CT molecular complexity index is 140. The lowest BCUT2D eigenvalue weighted by molar-refractivity contribution is 0.124. The van der Waals surface area contributed by atoms with Gasteiger partial charge >= 0.3 is 0 Å². The van der Waals surface area contributed by atoms with Crippen molar-refractivity contribution >= 4 is 0 Å². The highest BCUT2D eigenvalue weighted by atomic mass is 16.5. The number of hydrogen-bond acceptors (Lipinski definition) is 3. The van der Waals surface area contributed by atoms with E-state index >= 15 is 0 Å². The average molecular weight is 231 g/mol. The molecule has 1 atom stereocenters. The molecule has 0 aliphatic heterocycles. The van der Waals surface area contributed by atoms with Crippen molar-refractivity contribution in [1.29, 1.82) is 0 Å². The third-order valence-corrected chi connectivity index (χ3v) is 2.73. The maximum absolute atomic E-state index is 5.51. The standard InChI is InChI=1S/C13H29NO2/c1-5-6-9-16-11-8-14-13(12(2)3)7-10-15-4/h12-14H,5-11H2,1-4H3. The molecule has 0 aromatic heterocycles. The number of nitrogens with one attached hydrogen (secondary N) is 1. The van der Waals surface area contributed by atoms with Crippen molar-refractivity contribution < 1.29 is 9.47 Å². The fraction of sp³-hybridized carbons (Fsp3) is 1.00. The Hall–Kier alpha value is -0.120. The summed E-state index contributed by atoms with van der Waals surface area (Å²) in [5.74, 6) is 0.644. The van der Waals surface area contributed by atoms with Gasteiger partial charge in [-0.15, -0.1) is 0 Å². The van der Waals surface area contributed by atoms with Crippen molar-refractivity contribution in [2.24, 2.45) is 5.92 Å². The molecule has 98 valence electrons. The van der Waals surface area contributed by atoms with Gasteiger partial charge in [0, 0.05) is 32.9 Å². The van der Waals surface area contributed by atoms with Crippen molar-refractivity contribution in [3.8, 4) is 0 Å². The molecule has 0 radical (unpaired) electrons. The van der Waals surface area contributed by atoms with E-state index in [2.05, 4.69) is 26.1 Å². The van der Waals surface area contributed by atoms with Crippen LogP contribution in [0.25, 0.3) is 0 Å². The van der Waals surface area contributed by atoms with Gasteiger partial charge in [-0.1, -0.05) is 27.2 Å². The minimum atomic E-state index is 0.537. The third kappa shape index (κ3) is 9.13. The van der Waals surface area contributed by atoms with E-state index in [0.29, 0.717) is 12.0 Å². The van der Waals surface area contributed by atoms with Gasteiger partial charge in [-0.25, -0.2) is 0 Å². The number of rotatable bonds is 11. The predicted molar refractivity (Wildman–Crippen MR) is 68.8 cm³/mol. The van der Waals surface area contributed by atoms with Crippen LogP contribution < -0.4 is 5.32 Å². The van der Waals surface area contributed by atoms with Gasteiger partial charge in [-0.05, 0) is 18.8 Å². The van der Waals surface area contributed by atoms with E-state index in [1.54, 1.807) is 7.11 Å². The molecule has 3 heteroatoms. The topological polar surface area (TPSA) is 30.5 Å². The minimum Gasteiger partial charge on any atom is -0.385 e. The van der Waals surface area contributed by atoms with Crippen molar-refractivity contribution in [2.45, 2.75) is 46.1 Å². The Morgan fingerprint density at radius 3 is 2.44 bits per heavy atom. The summed E-state index contributed by atoms with van der Waals surface area (Å²) in [7, 11) is 1.76. The van der Waals surface area contributed by atoms with Gasteiger partial charge in [0.1, 0.15) is 0 Å². The zero-order valence-electron chi connectivity index (χ0n) is 11.4. The van der Waals surface area contributed by atoms with Crippen molar-refractivity contribution in [2.75, 3.05) is 33.5 Å². The van der Waals surface area contributed by atoms with E-state index < -0.39 is 0 Å². The zero-order valence-corrected chi connectivity index (χ0v) is 11.4. The second-order valence-corrected chi connectivity index (χ2v) is 4.55. The third-order valence-electron chi connectivity index (χ3n) is 2.73. The number of methoxy groups -OCH3 is 1. The lowest BCUT2D eigenvalue weighted by atomic mass is 10.0. The van der Waals surface area contributed by atoms with Crippen LogP contribution in [0.1, 0.15) is 40.0 Å². The van der Waals surface area contributed by atoms with Gasteiger partial charge in [-0.2, -0.15) is 0 Å².